The van der Waals surface area contributed by atoms with E-state index in [1.807, 2.05) is 19.9 Å². The van der Waals surface area contributed by atoms with E-state index in [1.165, 1.54) is 19.1 Å². The molecule has 174 valence electrons. The molecule has 0 bridgehead atoms. The molecule has 2 aromatic heterocycles. The Kier molecular flexibility index (Phi) is 5.77. The standard InChI is InChI=1S/C26H22F3N3O2/c1-14-8-9-18(31-24(33)19-6-5-7-22(16(19)3)26(27,28)29)12-20(14)21-11-17-13-30-15(2)10-23(17)32(4)25(21)34/h5-13H,1-4H3,(H,31,33). The fourth-order valence-electron chi connectivity index (χ4n) is 4.03. The number of halogens is 3. The van der Waals surface area contributed by atoms with Crippen LogP contribution in [-0.4, -0.2) is 15.5 Å². The Hall–Kier alpha value is -3.94. The molecule has 0 radical (unpaired) electrons. The zero-order valence-corrected chi connectivity index (χ0v) is 19.0. The van der Waals surface area contributed by atoms with E-state index in [1.54, 1.807) is 42.1 Å². The van der Waals surface area contributed by atoms with Crippen LogP contribution >= 0.6 is 0 Å². The second kappa shape index (κ2) is 8.44. The number of hydrogen-bond donors (Lipinski definition) is 1. The second-order valence-electron chi connectivity index (χ2n) is 8.27. The summed E-state index contributed by atoms with van der Waals surface area (Å²) in [4.78, 5) is 30.3. The second-order valence-corrected chi connectivity index (χ2v) is 8.27. The average Bonchev–Trinajstić information content (AvgIpc) is 2.77. The topological polar surface area (TPSA) is 64.0 Å². The molecule has 0 fully saturated rings. The van der Waals surface area contributed by atoms with Crippen LogP contribution in [0.3, 0.4) is 0 Å². The molecular formula is C26H22F3N3O2. The maximum Gasteiger partial charge on any atom is 0.416 e. The molecule has 0 spiro atoms. The van der Waals surface area contributed by atoms with E-state index in [0.29, 0.717) is 16.8 Å². The Morgan fingerprint density at radius 3 is 2.44 bits per heavy atom. The first kappa shape index (κ1) is 23.2. The monoisotopic (exact) mass is 465 g/mol. The van der Waals surface area contributed by atoms with Gasteiger partial charge in [0.1, 0.15) is 0 Å². The summed E-state index contributed by atoms with van der Waals surface area (Å²) < 4.78 is 41.3. The lowest BCUT2D eigenvalue weighted by atomic mass is 9.99. The maximum atomic E-state index is 13.2. The van der Waals surface area contributed by atoms with Gasteiger partial charge in [-0.1, -0.05) is 12.1 Å². The fourth-order valence-corrected chi connectivity index (χ4v) is 4.03. The molecule has 0 saturated heterocycles. The quantitative estimate of drug-likeness (QED) is 0.416. The summed E-state index contributed by atoms with van der Waals surface area (Å²) in [6, 6.07) is 12.2. The van der Waals surface area contributed by atoms with Gasteiger partial charge in [0.25, 0.3) is 11.5 Å². The van der Waals surface area contributed by atoms with Crippen LogP contribution in [0.25, 0.3) is 22.0 Å². The summed E-state index contributed by atoms with van der Waals surface area (Å²) in [7, 11) is 1.69. The number of benzene rings is 2. The Labute approximate surface area is 193 Å². The number of amides is 1. The first-order valence-electron chi connectivity index (χ1n) is 10.5. The molecular weight excluding hydrogens is 443 g/mol. The molecule has 0 saturated carbocycles. The number of nitrogens with one attached hydrogen (secondary N) is 1. The summed E-state index contributed by atoms with van der Waals surface area (Å²) in [6.45, 7) is 4.96. The lowest BCUT2D eigenvalue weighted by molar-refractivity contribution is -0.138. The molecule has 0 aliphatic carbocycles. The van der Waals surface area contributed by atoms with Crippen molar-refractivity contribution in [2.75, 3.05) is 5.32 Å². The van der Waals surface area contributed by atoms with Crippen molar-refractivity contribution in [1.82, 2.24) is 9.55 Å². The summed E-state index contributed by atoms with van der Waals surface area (Å²) in [6.07, 6.45) is -2.86. The van der Waals surface area contributed by atoms with E-state index in [-0.39, 0.29) is 16.7 Å². The Morgan fingerprint density at radius 1 is 1.00 bits per heavy atom. The average molecular weight is 465 g/mol. The number of alkyl halides is 3. The predicted octanol–water partition coefficient (Wildman–Crippen LogP) is 5.80. The zero-order chi connectivity index (χ0) is 24.8. The molecule has 0 aliphatic rings. The number of aromatic nitrogens is 2. The third-order valence-electron chi connectivity index (χ3n) is 5.91. The van der Waals surface area contributed by atoms with Crippen LogP contribution in [0.5, 0.6) is 0 Å². The minimum atomic E-state index is -4.55. The normalized spacial score (nSPS) is 11.6. The van der Waals surface area contributed by atoms with E-state index in [9.17, 15) is 22.8 Å². The predicted molar refractivity (Wildman–Crippen MR) is 126 cm³/mol. The Bertz CT molecular complexity index is 1500. The van der Waals surface area contributed by atoms with Crippen LogP contribution in [0, 0.1) is 20.8 Å². The van der Waals surface area contributed by atoms with Crippen molar-refractivity contribution < 1.29 is 18.0 Å². The lowest BCUT2D eigenvalue weighted by Gasteiger charge is -2.15. The molecule has 4 aromatic rings. The van der Waals surface area contributed by atoms with Gasteiger partial charge in [-0.3, -0.25) is 14.6 Å². The SMILES string of the molecule is Cc1cc2c(cn1)cc(-c1cc(NC(=O)c3cccc(C(F)(F)F)c3C)ccc1C)c(=O)n2C. The summed E-state index contributed by atoms with van der Waals surface area (Å²) >= 11 is 0. The van der Waals surface area contributed by atoms with Crippen LogP contribution in [0.15, 0.2) is 59.5 Å². The van der Waals surface area contributed by atoms with Gasteiger partial charge in [0.05, 0.1) is 11.1 Å². The number of anilines is 1. The van der Waals surface area contributed by atoms with Gasteiger partial charge in [-0.2, -0.15) is 13.2 Å². The number of hydrogen-bond acceptors (Lipinski definition) is 3. The molecule has 1 N–H and O–H groups in total. The molecule has 8 heteroatoms. The maximum absolute atomic E-state index is 13.2. The molecule has 0 atom stereocenters. The van der Waals surface area contributed by atoms with E-state index >= 15 is 0 Å². The molecule has 2 heterocycles. The van der Waals surface area contributed by atoms with Gasteiger partial charge in [0.15, 0.2) is 0 Å². The minimum absolute atomic E-state index is 0.0694. The van der Waals surface area contributed by atoms with Crippen molar-refractivity contribution in [1.29, 1.82) is 0 Å². The van der Waals surface area contributed by atoms with Crippen molar-refractivity contribution >= 4 is 22.5 Å². The molecule has 2 aromatic carbocycles. The van der Waals surface area contributed by atoms with Crippen molar-refractivity contribution in [3.8, 4) is 11.1 Å². The molecule has 34 heavy (non-hydrogen) atoms. The minimum Gasteiger partial charge on any atom is -0.322 e. The van der Waals surface area contributed by atoms with E-state index < -0.39 is 17.6 Å². The van der Waals surface area contributed by atoms with Crippen LogP contribution in [0.1, 0.15) is 32.7 Å². The van der Waals surface area contributed by atoms with Gasteiger partial charge < -0.3 is 9.88 Å². The lowest BCUT2D eigenvalue weighted by Crippen LogP contribution is -2.20. The number of nitrogens with zero attached hydrogens (tertiary/aromatic N) is 2. The molecule has 5 nitrogen and oxygen atoms in total. The van der Waals surface area contributed by atoms with Crippen LogP contribution in [-0.2, 0) is 13.2 Å². The molecule has 1 amide bonds. The van der Waals surface area contributed by atoms with Gasteiger partial charge in [-0.05, 0) is 73.9 Å². The van der Waals surface area contributed by atoms with Crippen molar-refractivity contribution in [2.45, 2.75) is 26.9 Å². The highest BCUT2D eigenvalue weighted by Crippen LogP contribution is 2.33. The first-order chi connectivity index (χ1) is 16.0. The molecule has 4 rings (SSSR count). The summed E-state index contributed by atoms with van der Waals surface area (Å²) in [5.41, 5.74) is 2.49. The highest BCUT2D eigenvalue weighted by molar-refractivity contribution is 6.05. The number of aryl methyl sites for hydroxylation is 3. The Morgan fingerprint density at radius 2 is 1.74 bits per heavy atom. The number of carbonyl (C=O) groups is 1. The fraction of sp³-hybridized carbons (Fsp3) is 0.192. The Balaban J connectivity index is 1.75. The number of carbonyl (C=O) groups excluding carboxylic acids is 1. The summed E-state index contributed by atoms with van der Waals surface area (Å²) in [5.74, 6) is -0.663. The van der Waals surface area contributed by atoms with E-state index in [0.717, 1.165) is 28.2 Å². The van der Waals surface area contributed by atoms with E-state index in [2.05, 4.69) is 10.3 Å². The third kappa shape index (κ3) is 4.19. The van der Waals surface area contributed by atoms with Crippen molar-refractivity contribution in [2.24, 2.45) is 7.05 Å². The third-order valence-corrected chi connectivity index (χ3v) is 5.91. The summed E-state index contributed by atoms with van der Waals surface area (Å²) in [5, 5.41) is 3.45. The van der Waals surface area contributed by atoms with Gasteiger partial charge in [0, 0.05) is 41.1 Å². The van der Waals surface area contributed by atoms with Gasteiger partial charge in [0.2, 0.25) is 0 Å². The van der Waals surface area contributed by atoms with Crippen LogP contribution < -0.4 is 10.9 Å². The van der Waals surface area contributed by atoms with Crippen LogP contribution in [0.4, 0.5) is 18.9 Å². The van der Waals surface area contributed by atoms with Gasteiger partial charge in [-0.15, -0.1) is 0 Å². The smallest absolute Gasteiger partial charge is 0.322 e. The number of pyridine rings is 2. The van der Waals surface area contributed by atoms with Crippen molar-refractivity contribution in [3.05, 3.63) is 93.0 Å². The number of fused-ring (bicyclic) bond motifs is 1. The zero-order valence-electron chi connectivity index (χ0n) is 19.0. The van der Waals surface area contributed by atoms with E-state index in [4.69, 9.17) is 0 Å². The highest BCUT2D eigenvalue weighted by atomic mass is 19.4. The largest absolute Gasteiger partial charge is 0.416 e. The van der Waals surface area contributed by atoms with Gasteiger partial charge >= 0.3 is 6.18 Å². The highest BCUT2D eigenvalue weighted by Gasteiger charge is 2.33. The molecule has 0 unspecified atom stereocenters. The number of rotatable bonds is 3. The van der Waals surface area contributed by atoms with Crippen molar-refractivity contribution in [3.63, 3.8) is 0 Å². The molecule has 0 aliphatic heterocycles. The first-order valence-corrected chi connectivity index (χ1v) is 10.5. The van der Waals surface area contributed by atoms with Gasteiger partial charge in [-0.25, -0.2) is 0 Å². The van der Waals surface area contributed by atoms with Crippen LogP contribution in [0.2, 0.25) is 0 Å².